The fraction of sp³-hybridized carbons (Fsp3) is 0.294. The molecule has 0 radical (unpaired) electrons. The van der Waals surface area contributed by atoms with Crippen LogP contribution in [0.1, 0.15) is 18.1 Å². The van der Waals surface area contributed by atoms with Crippen LogP contribution < -0.4 is 4.18 Å². The highest BCUT2D eigenvalue weighted by Gasteiger charge is 2.40. The molecular formula is C17H20O2S. The maximum atomic E-state index is 9.52. The van der Waals surface area contributed by atoms with E-state index in [9.17, 15) is 5.11 Å². The number of hydrogen-bond donors (Lipinski definition) is 1. The van der Waals surface area contributed by atoms with E-state index in [-0.39, 0.29) is 5.41 Å². The highest BCUT2D eigenvalue weighted by Crippen LogP contribution is 2.56. The van der Waals surface area contributed by atoms with Crippen LogP contribution in [-0.4, -0.2) is 23.4 Å². The van der Waals surface area contributed by atoms with Gasteiger partial charge >= 0.3 is 0 Å². The van der Waals surface area contributed by atoms with Gasteiger partial charge in [-0.2, -0.15) is 0 Å². The summed E-state index contributed by atoms with van der Waals surface area (Å²) in [6, 6.07) is 15.9. The minimum Gasteiger partial charge on any atom is -0.508 e. The Morgan fingerprint density at radius 1 is 1.05 bits per heavy atom. The van der Waals surface area contributed by atoms with E-state index in [4.69, 9.17) is 4.18 Å². The molecule has 0 aliphatic carbocycles. The van der Waals surface area contributed by atoms with Crippen LogP contribution in [0.4, 0.5) is 0 Å². The Kier molecular flexibility index (Phi) is 2.98. The van der Waals surface area contributed by atoms with Crippen molar-refractivity contribution >= 4 is 10.3 Å². The lowest BCUT2D eigenvalue weighted by Crippen LogP contribution is -2.36. The fourth-order valence-electron chi connectivity index (χ4n) is 3.11. The number of para-hydroxylation sites is 1. The molecule has 0 fully saturated rings. The molecule has 1 atom stereocenters. The maximum Gasteiger partial charge on any atom is 0.138 e. The van der Waals surface area contributed by atoms with E-state index in [1.807, 2.05) is 18.2 Å². The molecule has 1 unspecified atom stereocenters. The number of fused-ring (bicyclic) bond motifs is 1. The fourth-order valence-corrected chi connectivity index (χ4v) is 5.51. The third kappa shape index (κ3) is 2.16. The van der Waals surface area contributed by atoms with Gasteiger partial charge in [0.05, 0.1) is 0 Å². The molecule has 3 rings (SSSR count). The molecule has 3 heteroatoms. The van der Waals surface area contributed by atoms with Crippen LogP contribution in [0.5, 0.6) is 11.5 Å². The molecule has 0 bridgehead atoms. The minimum absolute atomic E-state index is 0.0681. The third-order valence-electron chi connectivity index (χ3n) is 3.94. The van der Waals surface area contributed by atoms with Crippen molar-refractivity contribution in [3.8, 4) is 11.5 Å². The van der Waals surface area contributed by atoms with Gasteiger partial charge in [0.2, 0.25) is 0 Å². The molecule has 2 nitrogen and oxygen atoms in total. The van der Waals surface area contributed by atoms with Crippen molar-refractivity contribution < 1.29 is 9.29 Å². The van der Waals surface area contributed by atoms with Gasteiger partial charge in [0, 0.05) is 16.7 Å². The molecular weight excluding hydrogens is 268 g/mol. The van der Waals surface area contributed by atoms with E-state index in [1.165, 1.54) is 11.1 Å². The van der Waals surface area contributed by atoms with Crippen LogP contribution in [0.25, 0.3) is 0 Å². The first kappa shape index (κ1) is 13.4. The zero-order chi connectivity index (χ0) is 14.4. The largest absolute Gasteiger partial charge is 0.508 e. The summed E-state index contributed by atoms with van der Waals surface area (Å²) in [6.07, 6.45) is 4.42. The number of phenols is 1. The lowest BCUT2D eigenvalue weighted by atomic mass is 9.77. The van der Waals surface area contributed by atoms with E-state index in [1.54, 1.807) is 12.1 Å². The zero-order valence-corrected chi connectivity index (χ0v) is 12.9. The monoisotopic (exact) mass is 288 g/mol. The van der Waals surface area contributed by atoms with Crippen molar-refractivity contribution in [3.05, 3.63) is 59.7 Å². The standard InChI is InChI=1S/C17H20O2S/c1-17(13-8-10-14(18)11-9-13)12-20(2,3)19-16-7-5-4-6-15(16)17/h4-11,18H,12H2,1-3H3. The second-order valence-electron chi connectivity index (χ2n) is 6.04. The third-order valence-corrected chi connectivity index (χ3v) is 5.84. The van der Waals surface area contributed by atoms with Crippen molar-refractivity contribution in [2.75, 3.05) is 18.3 Å². The molecule has 2 aromatic rings. The molecule has 1 heterocycles. The summed E-state index contributed by atoms with van der Waals surface area (Å²) >= 11 is 0. The smallest absolute Gasteiger partial charge is 0.138 e. The second-order valence-corrected chi connectivity index (χ2v) is 9.37. The van der Waals surface area contributed by atoms with Gasteiger partial charge in [0.25, 0.3) is 0 Å². The van der Waals surface area contributed by atoms with Gasteiger partial charge < -0.3 is 9.29 Å². The molecule has 0 amide bonds. The van der Waals surface area contributed by atoms with Gasteiger partial charge in [0.15, 0.2) is 0 Å². The van der Waals surface area contributed by atoms with E-state index < -0.39 is 10.3 Å². The lowest BCUT2D eigenvalue weighted by Gasteiger charge is -2.47. The van der Waals surface area contributed by atoms with Crippen molar-refractivity contribution in [2.45, 2.75) is 12.3 Å². The Balaban J connectivity index is 2.18. The molecule has 106 valence electrons. The minimum atomic E-state index is -1.12. The summed E-state index contributed by atoms with van der Waals surface area (Å²) in [6.45, 7) is 2.27. The molecule has 0 saturated carbocycles. The number of rotatable bonds is 1. The summed E-state index contributed by atoms with van der Waals surface area (Å²) in [5.41, 5.74) is 2.39. The van der Waals surface area contributed by atoms with E-state index in [0.717, 1.165) is 11.5 Å². The van der Waals surface area contributed by atoms with Crippen LogP contribution >= 0.6 is 10.3 Å². The summed E-state index contributed by atoms with van der Waals surface area (Å²) in [4.78, 5) is 0. The van der Waals surface area contributed by atoms with Crippen molar-refractivity contribution in [1.29, 1.82) is 0 Å². The molecule has 1 aliphatic heterocycles. The van der Waals surface area contributed by atoms with Gasteiger partial charge in [-0.1, -0.05) is 47.6 Å². The van der Waals surface area contributed by atoms with Crippen LogP contribution in [0.3, 0.4) is 0 Å². The molecule has 0 spiro atoms. The average Bonchev–Trinajstić information content (AvgIpc) is 2.38. The van der Waals surface area contributed by atoms with Crippen LogP contribution in [0, 0.1) is 0 Å². The SMILES string of the molecule is CC1(c2ccc(O)cc2)CS(C)(C)Oc2ccccc21. The summed E-state index contributed by atoms with van der Waals surface area (Å²) in [5.74, 6) is 2.29. The molecule has 1 N–H and O–H groups in total. The molecule has 20 heavy (non-hydrogen) atoms. The summed E-state index contributed by atoms with van der Waals surface area (Å²) in [5, 5.41) is 9.52. The van der Waals surface area contributed by atoms with Crippen LogP contribution in [-0.2, 0) is 5.41 Å². The Morgan fingerprint density at radius 3 is 2.40 bits per heavy atom. The van der Waals surface area contributed by atoms with Crippen LogP contribution in [0.15, 0.2) is 48.5 Å². The topological polar surface area (TPSA) is 29.5 Å². The first-order valence-corrected chi connectivity index (χ1v) is 9.25. The molecule has 0 aromatic heterocycles. The van der Waals surface area contributed by atoms with Gasteiger partial charge in [-0.05, 0) is 36.3 Å². The van der Waals surface area contributed by atoms with Gasteiger partial charge in [-0.15, -0.1) is 0 Å². The Bertz CT molecular complexity index is 634. The number of hydrogen-bond acceptors (Lipinski definition) is 2. The quantitative estimate of drug-likeness (QED) is 0.857. The van der Waals surface area contributed by atoms with E-state index in [2.05, 4.69) is 37.6 Å². The predicted octanol–water partition coefficient (Wildman–Crippen LogP) is 4.07. The normalized spacial score (nSPS) is 25.4. The summed E-state index contributed by atoms with van der Waals surface area (Å²) in [7, 11) is -1.12. The molecule has 1 aliphatic rings. The Hall–Kier alpha value is -1.61. The lowest BCUT2D eigenvalue weighted by molar-refractivity contribution is 0.474. The summed E-state index contributed by atoms with van der Waals surface area (Å²) < 4.78 is 6.19. The predicted molar refractivity (Wildman–Crippen MR) is 85.9 cm³/mol. The van der Waals surface area contributed by atoms with E-state index >= 15 is 0 Å². The van der Waals surface area contributed by atoms with Gasteiger partial charge in [0.1, 0.15) is 11.5 Å². The Morgan fingerprint density at radius 2 is 1.70 bits per heavy atom. The average molecular weight is 288 g/mol. The second kappa shape index (κ2) is 4.45. The molecule has 0 saturated heterocycles. The van der Waals surface area contributed by atoms with Crippen molar-refractivity contribution in [1.82, 2.24) is 0 Å². The van der Waals surface area contributed by atoms with Crippen molar-refractivity contribution in [2.24, 2.45) is 0 Å². The first-order valence-electron chi connectivity index (χ1n) is 6.70. The van der Waals surface area contributed by atoms with E-state index in [0.29, 0.717) is 5.75 Å². The zero-order valence-electron chi connectivity index (χ0n) is 12.1. The van der Waals surface area contributed by atoms with Crippen LogP contribution in [0.2, 0.25) is 0 Å². The maximum absolute atomic E-state index is 9.52. The van der Waals surface area contributed by atoms with Gasteiger partial charge in [-0.25, -0.2) is 0 Å². The highest BCUT2D eigenvalue weighted by molar-refractivity contribution is 8.29. The number of benzene rings is 2. The Labute approximate surface area is 121 Å². The number of aromatic hydroxyl groups is 1. The molecule has 2 aromatic carbocycles. The van der Waals surface area contributed by atoms with Crippen molar-refractivity contribution in [3.63, 3.8) is 0 Å². The van der Waals surface area contributed by atoms with Gasteiger partial charge in [-0.3, -0.25) is 0 Å². The first-order chi connectivity index (χ1) is 9.41. The number of phenolic OH excluding ortho intramolecular Hbond substituents is 1. The highest BCUT2D eigenvalue weighted by atomic mass is 32.3.